The van der Waals surface area contributed by atoms with Gasteiger partial charge in [-0.25, -0.2) is 4.98 Å². The van der Waals surface area contributed by atoms with Crippen LogP contribution in [-0.2, 0) is 0 Å². The van der Waals surface area contributed by atoms with Crippen molar-refractivity contribution in [1.29, 1.82) is 0 Å². The number of aromatic nitrogens is 1. The number of hydrogen-bond donors (Lipinski definition) is 0. The average molecular weight is 235 g/mol. The van der Waals surface area contributed by atoms with Gasteiger partial charge in [0.25, 0.3) is 0 Å². The second kappa shape index (κ2) is 9.10. The zero-order valence-electron chi connectivity index (χ0n) is 10.8. The van der Waals surface area contributed by atoms with Crippen molar-refractivity contribution in [2.24, 2.45) is 0 Å². The minimum atomic E-state index is 1.08. The van der Waals surface area contributed by atoms with E-state index in [4.69, 9.17) is 0 Å². The molecule has 0 saturated carbocycles. The average Bonchev–Trinajstić information content (AvgIpc) is 2.82. The molecule has 2 heteroatoms. The van der Waals surface area contributed by atoms with Crippen LogP contribution in [0.2, 0.25) is 0 Å². The lowest BCUT2D eigenvalue weighted by Gasteiger charge is -1.92. The van der Waals surface area contributed by atoms with Crippen LogP contribution in [0.25, 0.3) is 11.3 Å². The first-order valence-corrected chi connectivity index (χ1v) is 6.72. The number of rotatable bonds is 1. The predicted molar refractivity (Wildman–Crippen MR) is 75.0 cm³/mol. The van der Waals surface area contributed by atoms with Crippen LogP contribution in [0.1, 0.15) is 32.7 Å². The molecule has 0 bridgehead atoms. The molecule has 0 saturated heterocycles. The van der Waals surface area contributed by atoms with Gasteiger partial charge < -0.3 is 0 Å². The van der Waals surface area contributed by atoms with Gasteiger partial charge in [0, 0.05) is 10.9 Å². The Bertz CT molecular complexity index is 365. The van der Waals surface area contributed by atoms with Crippen LogP contribution in [-0.4, -0.2) is 4.98 Å². The van der Waals surface area contributed by atoms with E-state index < -0.39 is 0 Å². The summed E-state index contributed by atoms with van der Waals surface area (Å²) >= 11 is 1.69. The van der Waals surface area contributed by atoms with Gasteiger partial charge in [-0.1, -0.05) is 58.0 Å². The molecule has 0 aliphatic carbocycles. The van der Waals surface area contributed by atoms with Crippen LogP contribution in [0, 0.1) is 6.92 Å². The van der Waals surface area contributed by atoms with Crippen LogP contribution in [0.3, 0.4) is 0 Å². The molecule has 1 aromatic carbocycles. The SMILES string of the molecule is CC.CC.Cc1nc(-c2ccccc2)cs1. The van der Waals surface area contributed by atoms with Crippen LogP contribution < -0.4 is 0 Å². The van der Waals surface area contributed by atoms with E-state index in [-0.39, 0.29) is 0 Å². The molecule has 0 N–H and O–H groups in total. The molecule has 16 heavy (non-hydrogen) atoms. The third-order valence-corrected chi connectivity index (χ3v) is 2.46. The summed E-state index contributed by atoms with van der Waals surface area (Å²) in [4.78, 5) is 4.40. The second-order valence-corrected chi connectivity index (χ2v) is 3.68. The summed E-state index contributed by atoms with van der Waals surface area (Å²) in [5.41, 5.74) is 2.28. The quantitative estimate of drug-likeness (QED) is 0.664. The maximum absolute atomic E-state index is 4.40. The van der Waals surface area contributed by atoms with Crippen molar-refractivity contribution < 1.29 is 0 Å². The molecular formula is C14H21NS. The Morgan fingerprint density at radius 2 is 1.50 bits per heavy atom. The first-order valence-electron chi connectivity index (χ1n) is 5.84. The molecule has 1 heterocycles. The van der Waals surface area contributed by atoms with Gasteiger partial charge in [-0.2, -0.15) is 0 Å². The third-order valence-electron chi connectivity index (χ3n) is 1.69. The molecule has 0 amide bonds. The van der Waals surface area contributed by atoms with Crippen molar-refractivity contribution in [3.63, 3.8) is 0 Å². The summed E-state index contributed by atoms with van der Waals surface area (Å²) < 4.78 is 0. The molecule has 0 atom stereocenters. The lowest BCUT2D eigenvalue weighted by atomic mass is 10.2. The van der Waals surface area contributed by atoms with E-state index in [1.165, 1.54) is 5.56 Å². The highest BCUT2D eigenvalue weighted by Crippen LogP contribution is 2.20. The Kier molecular flexibility index (Phi) is 8.45. The number of hydrogen-bond acceptors (Lipinski definition) is 2. The van der Waals surface area contributed by atoms with E-state index in [9.17, 15) is 0 Å². The fraction of sp³-hybridized carbons (Fsp3) is 0.357. The fourth-order valence-electron chi connectivity index (χ4n) is 1.10. The van der Waals surface area contributed by atoms with Crippen molar-refractivity contribution >= 4 is 11.3 Å². The molecule has 2 aromatic rings. The summed E-state index contributed by atoms with van der Waals surface area (Å²) in [5.74, 6) is 0. The monoisotopic (exact) mass is 235 g/mol. The summed E-state index contributed by atoms with van der Waals surface area (Å²) in [6.45, 7) is 10.0. The first-order chi connectivity index (χ1) is 7.86. The largest absolute Gasteiger partial charge is 0.242 e. The van der Waals surface area contributed by atoms with Crippen molar-refractivity contribution in [2.45, 2.75) is 34.6 Å². The minimum Gasteiger partial charge on any atom is -0.242 e. The third kappa shape index (κ3) is 4.58. The molecule has 1 aromatic heterocycles. The Morgan fingerprint density at radius 1 is 0.938 bits per heavy atom. The second-order valence-electron chi connectivity index (χ2n) is 2.62. The number of benzene rings is 1. The van der Waals surface area contributed by atoms with Gasteiger partial charge in [-0.3, -0.25) is 0 Å². The Balaban J connectivity index is 0.000000509. The van der Waals surface area contributed by atoms with Gasteiger partial charge in [-0.15, -0.1) is 11.3 Å². The van der Waals surface area contributed by atoms with Crippen LogP contribution >= 0.6 is 11.3 Å². The topological polar surface area (TPSA) is 12.9 Å². The number of aryl methyl sites for hydroxylation is 1. The zero-order chi connectivity index (χ0) is 12.4. The highest BCUT2D eigenvalue weighted by molar-refractivity contribution is 7.09. The summed E-state index contributed by atoms with van der Waals surface area (Å²) in [6, 6.07) is 10.2. The Hall–Kier alpha value is -1.15. The molecule has 0 unspecified atom stereocenters. The van der Waals surface area contributed by atoms with Crippen LogP contribution in [0.4, 0.5) is 0 Å². The first kappa shape index (κ1) is 14.8. The standard InChI is InChI=1S/C10H9NS.2C2H6/c1-8-11-10(7-12-8)9-5-3-2-4-6-9;2*1-2/h2-7H,1H3;2*1-2H3. The molecule has 0 radical (unpaired) electrons. The van der Waals surface area contributed by atoms with E-state index >= 15 is 0 Å². The van der Waals surface area contributed by atoms with Gasteiger partial charge >= 0.3 is 0 Å². The molecular weight excluding hydrogens is 214 g/mol. The van der Waals surface area contributed by atoms with E-state index in [0.29, 0.717) is 0 Å². The molecule has 2 rings (SSSR count). The van der Waals surface area contributed by atoms with Crippen molar-refractivity contribution in [1.82, 2.24) is 4.98 Å². The van der Waals surface area contributed by atoms with Crippen molar-refractivity contribution in [2.75, 3.05) is 0 Å². The molecule has 1 nitrogen and oxygen atoms in total. The fourth-order valence-corrected chi connectivity index (χ4v) is 1.73. The van der Waals surface area contributed by atoms with Crippen LogP contribution in [0.5, 0.6) is 0 Å². The lowest BCUT2D eigenvalue weighted by Crippen LogP contribution is -1.75. The summed E-state index contributed by atoms with van der Waals surface area (Å²) in [6.07, 6.45) is 0. The number of thiazole rings is 1. The number of nitrogens with zero attached hydrogens (tertiary/aromatic N) is 1. The minimum absolute atomic E-state index is 1.08. The van der Waals surface area contributed by atoms with Gasteiger partial charge in [-0.05, 0) is 6.92 Å². The van der Waals surface area contributed by atoms with Gasteiger partial charge in [0.1, 0.15) is 0 Å². The van der Waals surface area contributed by atoms with Crippen molar-refractivity contribution in [3.05, 3.63) is 40.7 Å². The highest BCUT2D eigenvalue weighted by Gasteiger charge is 1.99. The van der Waals surface area contributed by atoms with Crippen molar-refractivity contribution in [3.8, 4) is 11.3 Å². The Labute approximate surface area is 103 Å². The molecule has 88 valence electrons. The smallest absolute Gasteiger partial charge is 0.0901 e. The summed E-state index contributed by atoms with van der Waals surface area (Å²) in [7, 11) is 0. The highest BCUT2D eigenvalue weighted by atomic mass is 32.1. The van der Waals surface area contributed by atoms with E-state index in [1.54, 1.807) is 11.3 Å². The molecule has 0 aliphatic rings. The van der Waals surface area contributed by atoms with Gasteiger partial charge in [0.15, 0.2) is 0 Å². The van der Waals surface area contributed by atoms with Gasteiger partial charge in [0.2, 0.25) is 0 Å². The normalized spacial score (nSPS) is 8.31. The van der Waals surface area contributed by atoms with E-state index in [2.05, 4.69) is 22.5 Å². The molecule has 0 aliphatic heterocycles. The summed E-state index contributed by atoms with van der Waals surface area (Å²) in [5, 5.41) is 3.21. The maximum Gasteiger partial charge on any atom is 0.0901 e. The predicted octanol–water partition coefficient (Wildman–Crippen LogP) is 5.17. The van der Waals surface area contributed by atoms with E-state index in [0.717, 1.165) is 10.7 Å². The molecule has 0 fully saturated rings. The van der Waals surface area contributed by atoms with Gasteiger partial charge in [0.05, 0.1) is 10.7 Å². The zero-order valence-corrected chi connectivity index (χ0v) is 11.6. The Morgan fingerprint density at radius 3 is 1.94 bits per heavy atom. The van der Waals surface area contributed by atoms with Crippen LogP contribution in [0.15, 0.2) is 35.7 Å². The maximum atomic E-state index is 4.40. The molecule has 0 spiro atoms. The van der Waals surface area contributed by atoms with E-state index in [1.807, 2.05) is 52.8 Å². The lowest BCUT2D eigenvalue weighted by molar-refractivity contribution is 1.30.